The molecule has 2 aliphatic rings. The number of carbonyl (C=O) groups is 2. The predicted molar refractivity (Wildman–Crippen MR) is 97.3 cm³/mol. The van der Waals surface area contributed by atoms with Crippen molar-refractivity contribution in [3.8, 4) is 0 Å². The molecule has 5 rings (SSSR count). The number of pyridine rings is 1. The SMILES string of the molecule is O=C1C=C(c2cc(N(C(=O)O)c3cc4n(n3)CCOC4)c3ncnn3c2)CC1. The lowest BCUT2D eigenvalue weighted by Gasteiger charge is -2.18. The summed E-state index contributed by atoms with van der Waals surface area (Å²) in [6.45, 7) is 1.49. The quantitative estimate of drug-likeness (QED) is 0.739. The summed E-state index contributed by atoms with van der Waals surface area (Å²) in [6.07, 6.45) is 4.60. The van der Waals surface area contributed by atoms with Gasteiger partial charge in [-0.25, -0.2) is 19.2 Å². The zero-order valence-corrected chi connectivity index (χ0v) is 14.8. The maximum atomic E-state index is 12.2. The number of ketones is 1. The van der Waals surface area contributed by atoms with Gasteiger partial charge in [-0.05, 0) is 29.7 Å². The first-order valence-corrected chi connectivity index (χ1v) is 8.85. The molecule has 0 radical (unpaired) electrons. The number of hydrogen-bond acceptors (Lipinski definition) is 6. The van der Waals surface area contributed by atoms with E-state index in [-0.39, 0.29) is 11.6 Å². The molecular weight excluding hydrogens is 364 g/mol. The Morgan fingerprint density at radius 2 is 2.18 bits per heavy atom. The smallest absolute Gasteiger partial charge is 0.417 e. The molecule has 4 heterocycles. The molecular formula is C18H16N6O4. The summed E-state index contributed by atoms with van der Waals surface area (Å²) in [7, 11) is 0. The minimum atomic E-state index is -1.19. The first-order chi connectivity index (χ1) is 13.6. The van der Waals surface area contributed by atoms with E-state index >= 15 is 0 Å². The van der Waals surface area contributed by atoms with E-state index in [0.717, 1.165) is 21.7 Å². The Kier molecular flexibility index (Phi) is 3.72. The van der Waals surface area contributed by atoms with Crippen LogP contribution in [0, 0.1) is 0 Å². The van der Waals surface area contributed by atoms with Crippen molar-refractivity contribution in [2.75, 3.05) is 11.5 Å². The van der Waals surface area contributed by atoms with Crippen molar-refractivity contribution in [2.24, 2.45) is 0 Å². The van der Waals surface area contributed by atoms with E-state index in [4.69, 9.17) is 4.74 Å². The summed E-state index contributed by atoms with van der Waals surface area (Å²) in [5.74, 6) is 0.332. The minimum absolute atomic E-state index is 0.0621. The molecule has 0 unspecified atom stereocenters. The Morgan fingerprint density at radius 3 is 2.93 bits per heavy atom. The van der Waals surface area contributed by atoms with Crippen LogP contribution in [0.1, 0.15) is 24.1 Å². The summed E-state index contributed by atoms with van der Waals surface area (Å²) < 4.78 is 8.68. The Bertz CT molecular complexity index is 1120. The first-order valence-electron chi connectivity index (χ1n) is 8.85. The van der Waals surface area contributed by atoms with Crippen molar-refractivity contribution in [3.05, 3.63) is 42.0 Å². The highest BCUT2D eigenvalue weighted by Crippen LogP contribution is 2.34. The molecule has 0 saturated carbocycles. The zero-order chi connectivity index (χ0) is 19.3. The van der Waals surface area contributed by atoms with Gasteiger partial charge in [0.2, 0.25) is 0 Å². The van der Waals surface area contributed by atoms with Gasteiger partial charge in [0.15, 0.2) is 17.2 Å². The highest BCUT2D eigenvalue weighted by molar-refractivity contribution is 6.03. The van der Waals surface area contributed by atoms with Crippen molar-refractivity contribution in [2.45, 2.75) is 26.0 Å². The lowest BCUT2D eigenvalue weighted by Crippen LogP contribution is -2.25. The van der Waals surface area contributed by atoms with Crippen LogP contribution in [0.25, 0.3) is 11.2 Å². The molecule has 0 aromatic carbocycles. The van der Waals surface area contributed by atoms with Crippen LogP contribution in [0.3, 0.4) is 0 Å². The largest absolute Gasteiger partial charge is 0.464 e. The van der Waals surface area contributed by atoms with Crippen LogP contribution in [0.4, 0.5) is 16.3 Å². The number of anilines is 2. The standard InChI is InChI=1S/C18H16N6O4/c25-14-2-1-11(5-14)12-6-15(17-19-10-20-23(17)8-12)24(18(26)27)16-7-13-9-28-4-3-22(13)21-16/h5-8,10H,1-4,9H2,(H,26,27). The van der Waals surface area contributed by atoms with Gasteiger partial charge in [0, 0.05) is 18.7 Å². The van der Waals surface area contributed by atoms with Crippen LogP contribution in [-0.4, -0.2) is 48.0 Å². The fourth-order valence-corrected chi connectivity index (χ4v) is 3.58. The molecule has 1 aliphatic carbocycles. The maximum absolute atomic E-state index is 12.2. The summed E-state index contributed by atoms with van der Waals surface area (Å²) in [5, 5.41) is 18.5. The van der Waals surface area contributed by atoms with Crippen LogP contribution < -0.4 is 4.90 Å². The number of carbonyl (C=O) groups excluding carboxylic acids is 1. The zero-order valence-electron chi connectivity index (χ0n) is 14.8. The molecule has 28 heavy (non-hydrogen) atoms. The number of allylic oxidation sites excluding steroid dienone is 2. The van der Waals surface area contributed by atoms with E-state index < -0.39 is 6.09 Å². The molecule has 1 N–H and O–H groups in total. The second-order valence-electron chi connectivity index (χ2n) is 6.67. The number of nitrogens with zero attached hydrogens (tertiary/aromatic N) is 6. The first kappa shape index (κ1) is 16.6. The van der Waals surface area contributed by atoms with Gasteiger partial charge in [0.05, 0.1) is 31.1 Å². The summed E-state index contributed by atoms with van der Waals surface area (Å²) >= 11 is 0. The van der Waals surface area contributed by atoms with Crippen molar-refractivity contribution in [1.29, 1.82) is 0 Å². The maximum Gasteiger partial charge on any atom is 0.417 e. The van der Waals surface area contributed by atoms with E-state index in [0.29, 0.717) is 43.9 Å². The molecule has 1 aliphatic heterocycles. The van der Waals surface area contributed by atoms with E-state index in [1.165, 1.54) is 10.8 Å². The third kappa shape index (κ3) is 2.65. The monoisotopic (exact) mass is 380 g/mol. The fourth-order valence-electron chi connectivity index (χ4n) is 3.58. The Balaban J connectivity index is 1.67. The molecule has 0 saturated heterocycles. The third-order valence-corrected chi connectivity index (χ3v) is 4.91. The van der Waals surface area contributed by atoms with Gasteiger partial charge in [-0.2, -0.15) is 10.2 Å². The molecule has 3 aromatic rings. The number of aromatic nitrogens is 5. The molecule has 1 amide bonds. The number of carboxylic acid groups (broad SMARTS) is 1. The van der Waals surface area contributed by atoms with E-state index in [2.05, 4.69) is 15.2 Å². The Morgan fingerprint density at radius 1 is 1.29 bits per heavy atom. The van der Waals surface area contributed by atoms with E-state index in [1.807, 2.05) is 0 Å². The van der Waals surface area contributed by atoms with Crippen LogP contribution in [0.2, 0.25) is 0 Å². The molecule has 10 nitrogen and oxygen atoms in total. The number of amides is 1. The van der Waals surface area contributed by atoms with Crippen LogP contribution >= 0.6 is 0 Å². The molecule has 0 atom stereocenters. The Hall–Kier alpha value is -3.53. The van der Waals surface area contributed by atoms with Gasteiger partial charge in [0.1, 0.15) is 6.33 Å². The lowest BCUT2D eigenvalue weighted by molar-refractivity contribution is -0.114. The molecule has 0 spiro atoms. The van der Waals surface area contributed by atoms with E-state index in [1.54, 1.807) is 29.1 Å². The topological polar surface area (TPSA) is 115 Å². The minimum Gasteiger partial charge on any atom is -0.464 e. The molecule has 10 heteroatoms. The van der Waals surface area contributed by atoms with Crippen molar-refractivity contribution >= 4 is 34.6 Å². The second kappa shape index (κ2) is 6.27. The second-order valence-corrected chi connectivity index (χ2v) is 6.67. The Labute approximate surface area is 158 Å². The average molecular weight is 380 g/mol. The summed E-state index contributed by atoms with van der Waals surface area (Å²) in [4.78, 5) is 29.2. The number of ether oxygens (including phenoxy) is 1. The van der Waals surface area contributed by atoms with Gasteiger partial charge in [-0.15, -0.1) is 0 Å². The number of hydrogen-bond donors (Lipinski definition) is 1. The molecule has 0 bridgehead atoms. The van der Waals surface area contributed by atoms with Crippen molar-refractivity contribution < 1.29 is 19.4 Å². The predicted octanol–water partition coefficient (Wildman–Crippen LogP) is 2.02. The molecule has 3 aromatic heterocycles. The van der Waals surface area contributed by atoms with Crippen LogP contribution in [0.5, 0.6) is 0 Å². The van der Waals surface area contributed by atoms with Crippen LogP contribution in [-0.2, 0) is 22.7 Å². The van der Waals surface area contributed by atoms with E-state index in [9.17, 15) is 14.7 Å². The average Bonchev–Trinajstić information content (AvgIpc) is 3.39. The van der Waals surface area contributed by atoms with Gasteiger partial charge in [-0.1, -0.05) is 0 Å². The van der Waals surface area contributed by atoms with Gasteiger partial charge in [0.25, 0.3) is 0 Å². The third-order valence-electron chi connectivity index (χ3n) is 4.91. The highest BCUT2D eigenvalue weighted by atomic mass is 16.5. The van der Waals surface area contributed by atoms with Gasteiger partial charge in [-0.3, -0.25) is 9.48 Å². The highest BCUT2D eigenvalue weighted by Gasteiger charge is 2.27. The fraction of sp³-hybridized carbons (Fsp3) is 0.278. The van der Waals surface area contributed by atoms with Crippen LogP contribution in [0.15, 0.2) is 30.7 Å². The number of fused-ring (bicyclic) bond motifs is 2. The van der Waals surface area contributed by atoms with Gasteiger partial charge < -0.3 is 9.84 Å². The van der Waals surface area contributed by atoms with Crippen molar-refractivity contribution in [1.82, 2.24) is 24.4 Å². The summed E-state index contributed by atoms with van der Waals surface area (Å²) in [5.41, 5.74) is 3.12. The molecule has 0 fully saturated rings. The normalized spacial score (nSPS) is 16.3. The molecule has 142 valence electrons. The lowest BCUT2D eigenvalue weighted by atomic mass is 10.1. The summed E-state index contributed by atoms with van der Waals surface area (Å²) in [6, 6.07) is 3.42. The van der Waals surface area contributed by atoms with Gasteiger partial charge >= 0.3 is 6.09 Å². The number of rotatable bonds is 3. The van der Waals surface area contributed by atoms with Crippen molar-refractivity contribution in [3.63, 3.8) is 0 Å².